The van der Waals surface area contributed by atoms with Gasteiger partial charge in [0.15, 0.2) is 0 Å². The fourth-order valence-corrected chi connectivity index (χ4v) is 2.06. The minimum absolute atomic E-state index is 0.151. The predicted octanol–water partition coefficient (Wildman–Crippen LogP) is 3.98. The number of oxime groups is 1. The number of ether oxygens (including phenoxy) is 1. The molecule has 0 aliphatic carbocycles. The van der Waals surface area contributed by atoms with Crippen molar-refractivity contribution in [1.82, 2.24) is 0 Å². The molecule has 1 N–H and O–H groups in total. The first-order chi connectivity index (χ1) is 9.20. The van der Waals surface area contributed by atoms with E-state index in [9.17, 15) is 4.39 Å². The second kappa shape index (κ2) is 6.33. The number of benzene rings is 2. The van der Waals surface area contributed by atoms with Crippen LogP contribution in [0.25, 0.3) is 0 Å². The summed E-state index contributed by atoms with van der Waals surface area (Å²) in [6, 6.07) is 11.7. The summed E-state index contributed by atoms with van der Waals surface area (Å²) in [6.07, 6.45) is 1.31. The number of hydrogen-bond acceptors (Lipinski definition) is 3. The molecule has 98 valence electrons. The number of nitrogens with zero attached hydrogens (tertiary/aromatic N) is 1. The molecule has 5 heteroatoms. The maximum absolute atomic E-state index is 13.4. The molecule has 0 aromatic heterocycles. The van der Waals surface area contributed by atoms with E-state index < -0.39 is 0 Å². The van der Waals surface area contributed by atoms with Gasteiger partial charge in [0, 0.05) is 5.56 Å². The molecule has 0 amide bonds. The fraction of sp³-hybridized carbons (Fsp3) is 0.0714. The van der Waals surface area contributed by atoms with Crippen molar-refractivity contribution in [3.8, 4) is 5.75 Å². The lowest BCUT2D eigenvalue weighted by Crippen LogP contribution is -1.99. The van der Waals surface area contributed by atoms with Crippen LogP contribution in [-0.4, -0.2) is 11.4 Å². The van der Waals surface area contributed by atoms with Gasteiger partial charge in [-0.2, -0.15) is 0 Å². The van der Waals surface area contributed by atoms with Crippen LogP contribution in [0.3, 0.4) is 0 Å². The van der Waals surface area contributed by atoms with E-state index in [2.05, 4.69) is 21.1 Å². The Morgan fingerprint density at radius 2 is 2.05 bits per heavy atom. The molecule has 2 rings (SSSR count). The molecule has 0 atom stereocenters. The standard InChI is InChI=1S/C14H11BrFNO2/c15-12-7-10(8-17-18)5-6-14(12)19-9-11-3-1-2-4-13(11)16/h1-8,18H,9H2/b17-8+. The first-order valence-corrected chi connectivity index (χ1v) is 6.33. The predicted molar refractivity (Wildman–Crippen MR) is 74.3 cm³/mol. The Balaban J connectivity index is 2.10. The highest BCUT2D eigenvalue weighted by Gasteiger charge is 2.05. The third-order valence-electron chi connectivity index (χ3n) is 2.50. The smallest absolute Gasteiger partial charge is 0.134 e. The first kappa shape index (κ1) is 13.5. The number of hydrogen-bond donors (Lipinski definition) is 1. The van der Waals surface area contributed by atoms with E-state index >= 15 is 0 Å². The van der Waals surface area contributed by atoms with Gasteiger partial charge >= 0.3 is 0 Å². The number of rotatable bonds is 4. The average molecular weight is 324 g/mol. The molecule has 0 bridgehead atoms. The Labute approximate surface area is 118 Å². The lowest BCUT2D eigenvalue weighted by atomic mass is 10.2. The topological polar surface area (TPSA) is 41.8 Å². The van der Waals surface area contributed by atoms with Crippen molar-refractivity contribution >= 4 is 22.1 Å². The zero-order valence-corrected chi connectivity index (χ0v) is 11.5. The van der Waals surface area contributed by atoms with Crippen LogP contribution in [0.5, 0.6) is 5.75 Å². The Morgan fingerprint density at radius 3 is 2.74 bits per heavy atom. The second-order valence-corrected chi connectivity index (χ2v) is 4.67. The normalized spacial score (nSPS) is 10.8. The molecule has 0 aliphatic heterocycles. The van der Waals surface area contributed by atoms with Gasteiger partial charge in [0.05, 0.1) is 10.7 Å². The van der Waals surface area contributed by atoms with E-state index in [1.54, 1.807) is 36.4 Å². The molecule has 0 fully saturated rings. The van der Waals surface area contributed by atoms with Crippen LogP contribution in [0.1, 0.15) is 11.1 Å². The summed E-state index contributed by atoms with van der Waals surface area (Å²) < 4.78 is 19.7. The van der Waals surface area contributed by atoms with E-state index in [0.717, 1.165) is 5.56 Å². The van der Waals surface area contributed by atoms with Crippen LogP contribution < -0.4 is 4.74 Å². The third-order valence-corrected chi connectivity index (χ3v) is 3.12. The molecule has 0 heterocycles. The maximum Gasteiger partial charge on any atom is 0.134 e. The van der Waals surface area contributed by atoms with Gasteiger partial charge in [0.2, 0.25) is 0 Å². The van der Waals surface area contributed by atoms with Crippen LogP contribution in [0.4, 0.5) is 4.39 Å². The molecule has 2 aromatic rings. The largest absolute Gasteiger partial charge is 0.488 e. The zero-order valence-electron chi connectivity index (χ0n) is 9.88. The zero-order chi connectivity index (χ0) is 13.7. The summed E-state index contributed by atoms with van der Waals surface area (Å²) in [7, 11) is 0. The van der Waals surface area contributed by atoms with Gasteiger partial charge in [-0.05, 0) is 45.8 Å². The molecule has 0 unspecified atom stereocenters. The molecule has 19 heavy (non-hydrogen) atoms. The summed E-state index contributed by atoms with van der Waals surface area (Å²) >= 11 is 3.35. The highest BCUT2D eigenvalue weighted by atomic mass is 79.9. The summed E-state index contributed by atoms with van der Waals surface area (Å²) in [5, 5.41) is 11.4. The van der Waals surface area contributed by atoms with Crippen molar-refractivity contribution in [2.45, 2.75) is 6.61 Å². The van der Waals surface area contributed by atoms with Crippen molar-refractivity contribution < 1.29 is 14.3 Å². The molecule has 0 saturated heterocycles. The maximum atomic E-state index is 13.4. The van der Waals surface area contributed by atoms with Crippen LogP contribution in [-0.2, 0) is 6.61 Å². The van der Waals surface area contributed by atoms with Gasteiger partial charge in [-0.1, -0.05) is 23.4 Å². The molecule has 0 radical (unpaired) electrons. The number of halogens is 2. The first-order valence-electron chi connectivity index (χ1n) is 5.54. The van der Waals surface area contributed by atoms with Crippen LogP contribution in [0.15, 0.2) is 52.1 Å². The van der Waals surface area contributed by atoms with Gasteiger partial charge in [-0.25, -0.2) is 4.39 Å². The van der Waals surface area contributed by atoms with Gasteiger partial charge in [0.1, 0.15) is 18.2 Å². The van der Waals surface area contributed by atoms with Gasteiger partial charge in [-0.3, -0.25) is 0 Å². The molecule has 0 saturated carbocycles. The van der Waals surface area contributed by atoms with Crippen LogP contribution in [0, 0.1) is 5.82 Å². The Bertz CT molecular complexity index is 602. The highest BCUT2D eigenvalue weighted by Crippen LogP contribution is 2.26. The fourth-order valence-electron chi connectivity index (χ4n) is 1.55. The van der Waals surface area contributed by atoms with Gasteiger partial charge < -0.3 is 9.94 Å². The Morgan fingerprint density at radius 1 is 1.26 bits per heavy atom. The Hall–Kier alpha value is -1.88. The molecule has 0 spiro atoms. The van der Waals surface area contributed by atoms with Gasteiger partial charge in [0.25, 0.3) is 0 Å². The summed E-state index contributed by atoms with van der Waals surface area (Å²) in [4.78, 5) is 0. The van der Waals surface area contributed by atoms with E-state index in [-0.39, 0.29) is 12.4 Å². The second-order valence-electron chi connectivity index (χ2n) is 3.81. The third kappa shape index (κ3) is 3.54. The minimum atomic E-state index is -0.289. The highest BCUT2D eigenvalue weighted by molar-refractivity contribution is 9.10. The monoisotopic (exact) mass is 323 g/mol. The quantitative estimate of drug-likeness (QED) is 0.525. The molecular formula is C14H11BrFNO2. The van der Waals surface area contributed by atoms with E-state index in [4.69, 9.17) is 9.94 Å². The SMILES string of the molecule is O/N=C/c1ccc(OCc2ccccc2F)c(Br)c1. The summed E-state index contributed by atoms with van der Waals surface area (Å²) in [5.41, 5.74) is 1.23. The van der Waals surface area contributed by atoms with Gasteiger partial charge in [-0.15, -0.1) is 0 Å². The van der Waals surface area contributed by atoms with Crippen molar-refractivity contribution in [2.24, 2.45) is 5.16 Å². The average Bonchev–Trinajstić information content (AvgIpc) is 2.40. The molecule has 3 nitrogen and oxygen atoms in total. The van der Waals surface area contributed by atoms with E-state index in [0.29, 0.717) is 15.8 Å². The lowest BCUT2D eigenvalue weighted by Gasteiger charge is -2.09. The van der Waals surface area contributed by atoms with Crippen molar-refractivity contribution in [1.29, 1.82) is 0 Å². The summed E-state index contributed by atoms with van der Waals surface area (Å²) in [5.74, 6) is 0.306. The van der Waals surface area contributed by atoms with E-state index in [1.165, 1.54) is 12.3 Å². The van der Waals surface area contributed by atoms with Crippen molar-refractivity contribution in [3.05, 3.63) is 63.9 Å². The van der Waals surface area contributed by atoms with Crippen molar-refractivity contribution in [3.63, 3.8) is 0 Å². The van der Waals surface area contributed by atoms with Crippen LogP contribution in [0.2, 0.25) is 0 Å². The summed E-state index contributed by atoms with van der Waals surface area (Å²) in [6.45, 7) is 0.151. The molecule has 2 aromatic carbocycles. The minimum Gasteiger partial charge on any atom is -0.488 e. The molecule has 0 aliphatic rings. The van der Waals surface area contributed by atoms with Crippen molar-refractivity contribution in [2.75, 3.05) is 0 Å². The molecular weight excluding hydrogens is 313 g/mol. The van der Waals surface area contributed by atoms with Crippen LogP contribution >= 0.6 is 15.9 Å². The van der Waals surface area contributed by atoms with E-state index in [1.807, 2.05) is 0 Å². The lowest BCUT2D eigenvalue weighted by molar-refractivity contribution is 0.298. The Kier molecular flexibility index (Phi) is 4.52.